The number of likely N-dealkylation sites (tertiary alicyclic amines) is 1. The number of alkyl halides is 1. The molecule has 75 heavy (non-hydrogen) atoms. The number of benzene rings is 3. The Morgan fingerprint density at radius 2 is 1.59 bits per heavy atom. The minimum atomic E-state index is -4.37. The number of aromatic amines is 1. The highest BCUT2D eigenvalue weighted by Gasteiger charge is 2.43. The molecule has 2 atom stereocenters. The molecule has 2 N–H and O–H groups in total. The van der Waals surface area contributed by atoms with Gasteiger partial charge in [-0.25, -0.2) is 27.8 Å². The summed E-state index contributed by atoms with van der Waals surface area (Å²) in [5, 5.41) is 0.321. The number of rotatable bonds is 16. The monoisotopic (exact) mass is 1060 g/mol. The molecule has 19 nitrogen and oxygen atoms in total. The lowest BCUT2D eigenvalue weighted by Crippen LogP contribution is -2.55. The van der Waals surface area contributed by atoms with E-state index in [0.717, 1.165) is 102 Å². The van der Waals surface area contributed by atoms with E-state index >= 15 is 8.78 Å². The maximum atomic E-state index is 15.8. The van der Waals surface area contributed by atoms with Crippen molar-refractivity contribution in [2.75, 3.05) is 100 Å². The van der Waals surface area contributed by atoms with E-state index in [1.54, 1.807) is 12.3 Å². The molecule has 5 aliphatic rings. The molecule has 0 spiro atoms. The van der Waals surface area contributed by atoms with Crippen LogP contribution in [0, 0.1) is 17.6 Å². The molecule has 0 bridgehead atoms. The molecule has 0 saturated carbocycles. The lowest BCUT2D eigenvalue weighted by atomic mass is 9.95. The summed E-state index contributed by atoms with van der Waals surface area (Å²) in [6.07, 6.45) is 2.78. The molecule has 0 aliphatic carbocycles. The second-order valence-corrected chi connectivity index (χ2v) is 21.1. The normalized spacial score (nSPS) is 20.1. The Kier molecular flexibility index (Phi) is 14.8. The summed E-state index contributed by atoms with van der Waals surface area (Å²) in [4.78, 5) is 82.3. The molecule has 396 valence electrons. The van der Waals surface area contributed by atoms with E-state index in [0.29, 0.717) is 28.1 Å². The summed E-state index contributed by atoms with van der Waals surface area (Å²) in [5.41, 5.74) is 3.58. The molecule has 1 unspecified atom stereocenters. The van der Waals surface area contributed by atoms with Crippen LogP contribution in [0.15, 0.2) is 73.1 Å². The third-order valence-corrected chi connectivity index (χ3v) is 16.3. The van der Waals surface area contributed by atoms with Crippen LogP contribution in [0.1, 0.15) is 63.9 Å². The van der Waals surface area contributed by atoms with E-state index in [2.05, 4.69) is 24.7 Å². The van der Waals surface area contributed by atoms with Crippen molar-refractivity contribution in [3.05, 3.63) is 107 Å². The van der Waals surface area contributed by atoms with Crippen LogP contribution in [0.25, 0.3) is 22.2 Å². The smallest absolute Gasteiger partial charge is 0.432 e. The van der Waals surface area contributed by atoms with Gasteiger partial charge in [0, 0.05) is 125 Å². The number of halogens is 3. The third-order valence-electron chi connectivity index (χ3n) is 14.8. The molecule has 3 aromatic carbocycles. The molecule has 23 heteroatoms. The number of aromatic nitrogens is 2. The number of hydrogen-bond donors (Lipinski definition) is 2. The molecule has 7 heterocycles. The van der Waals surface area contributed by atoms with Crippen LogP contribution in [0.2, 0.25) is 0 Å². The van der Waals surface area contributed by atoms with Crippen LogP contribution in [0.3, 0.4) is 0 Å². The SMILES string of the molecule is COCCOC(=O)OCN1C(=O)CCC(N2Cc3cc(N4CCC(CN5CCN(c6ccc(-c7cnc8[nH]cc(C(=O)c9c(F)ccc(NS(=O)(=O)N%10CC[C@@H](F)C%10)c9F)c8c7)cc6)CC5)CC4)ccc3C2=O)C1=O. The summed E-state index contributed by atoms with van der Waals surface area (Å²) in [6, 6.07) is 16.3. The number of piperazine rings is 1. The van der Waals surface area contributed by atoms with Gasteiger partial charge in [0.2, 0.25) is 11.7 Å². The molecular formula is C52H56F3N9O10S. The van der Waals surface area contributed by atoms with Gasteiger partial charge in [-0.2, -0.15) is 12.7 Å². The first kappa shape index (κ1) is 51.4. The van der Waals surface area contributed by atoms with Crippen molar-refractivity contribution in [1.82, 2.24) is 29.0 Å². The van der Waals surface area contributed by atoms with Gasteiger partial charge in [-0.15, -0.1) is 0 Å². The van der Waals surface area contributed by atoms with Gasteiger partial charge in [-0.3, -0.25) is 28.8 Å². The number of fused-ring (bicyclic) bond motifs is 2. The van der Waals surface area contributed by atoms with Gasteiger partial charge in [0.15, 0.2) is 12.5 Å². The molecule has 5 aliphatic heterocycles. The largest absolute Gasteiger partial charge is 0.510 e. The summed E-state index contributed by atoms with van der Waals surface area (Å²) in [7, 11) is -2.92. The zero-order valence-electron chi connectivity index (χ0n) is 41.1. The van der Waals surface area contributed by atoms with Crippen LogP contribution in [0.4, 0.5) is 35.0 Å². The number of imide groups is 1. The Morgan fingerprint density at radius 1 is 0.840 bits per heavy atom. The average Bonchev–Trinajstić information content (AvgIpc) is 4.14. The highest BCUT2D eigenvalue weighted by atomic mass is 32.2. The molecule has 3 amide bonds. The van der Waals surface area contributed by atoms with Crippen molar-refractivity contribution in [3.8, 4) is 11.1 Å². The number of piperidine rings is 2. The topological polar surface area (TPSA) is 207 Å². The summed E-state index contributed by atoms with van der Waals surface area (Å²) in [5.74, 6) is -4.42. The van der Waals surface area contributed by atoms with E-state index in [4.69, 9.17) is 14.2 Å². The molecule has 10 rings (SSSR count). The average molecular weight is 1060 g/mol. The number of H-pyrrole nitrogens is 1. The molecule has 5 aromatic rings. The third kappa shape index (κ3) is 10.8. The summed E-state index contributed by atoms with van der Waals surface area (Å²) in [6.45, 7) is 5.47. The fourth-order valence-electron chi connectivity index (χ4n) is 10.6. The number of pyridine rings is 1. The Bertz CT molecular complexity index is 3130. The molecule has 0 radical (unpaired) electrons. The standard InChI is InChI=1S/C52H56F3N9O10S/c1-72-22-23-73-52(69)74-31-64-45(65)11-10-44(51(64)68)63-29-35-24-38(6-7-39(35)50(63)67)60-15-12-32(13-16-60)28-59-18-20-61(21-19-59)37-4-2-33(3-5-37)34-25-40-41(27-57-49(40)56-26-34)48(66)46-42(54)8-9-43(47(46)55)58-75(70,71)62-17-14-36(53)30-62/h2-9,24-27,32,36,44,58H,10-23,28-31H2,1H3,(H,56,57)/t36-,44?/m1/s1. The summed E-state index contributed by atoms with van der Waals surface area (Å²) < 4.78 is 88.0. The Labute approximate surface area is 430 Å². The van der Waals surface area contributed by atoms with Crippen LogP contribution in [0.5, 0.6) is 0 Å². The number of amides is 3. The fourth-order valence-corrected chi connectivity index (χ4v) is 11.9. The van der Waals surface area contributed by atoms with E-state index in [9.17, 15) is 36.8 Å². The quantitative estimate of drug-likeness (QED) is 0.0526. The maximum absolute atomic E-state index is 15.8. The van der Waals surface area contributed by atoms with Gasteiger partial charge in [-0.05, 0) is 91.3 Å². The van der Waals surface area contributed by atoms with E-state index < -0.39 is 82.3 Å². The van der Waals surface area contributed by atoms with Crippen molar-refractivity contribution in [1.29, 1.82) is 0 Å². The minimum absolute atomic E-state index is 0.00446. The predicted octanol–water partition coefficient (Wildman–Crippen LogP) is 5.71. The second kappa shape index (κ2) is 21.6. The van der Waals surface area contributed by atoms with Gasteiger partial charge in [-0.1, -0.05) is 12.1 Å². The van der Waals surface area contributed by atoms with Crippen LogP contribution in [-0.4, -0.2) is 165 Å². The molecule has 2 aromatic heterocycles. The lowest BCUT2D eigenvalue weighted by molar-refractivity contribution is -0.157. The van der Waals surface area contributed by atoms with Gasteiger partial charge in [0.05, 0.1) is 17.9 Å². The first-order chi connectivity index (χ1) is 36.1. The van der Waals surface area contributed by atoms with Crippen molar-refractivity contribution < 1.29 is 59.8 Å². The number of methoxy groups -OCH3 is 1. The van der Waals surface area contributed by atoms with Crippen molar-refractivity contribution in [3.63, 3.8) is 0 Å². The number of carbonyl (C=O) groups excluding carboxylic acids is 5. The van der Waals surface area contributed by atoms with Crippen molar-refractivity contribution >= 4 is 68.0 Å². The van der Waals surface area contributed by atoms with Crippen molar-refractivity contribution in [2.45, 2.75) is 50.9 Å². The van der Waals surface area contributed by atoms with Gasteiger partial charge in [0.25, 0.3) is 11.8 Å². The second-order valence-electron chi connectivity index (χ2n) is 19.4. The predicted molar refractivity (Wildman–Crippen MR) is 269 cm³/mol. The van der Waals surface area contributed by atoms with Gasteiger partial charge in [0.1, 0.15) is 30.3 Å². The number of carbonyl (C=O) groups is 5. The molecule has 4 fully saturated rings. The lowest BCUT2D eigenvalue weighted by Gasteiger charge is -2.40. The highest BCUT2D eigenvalue weighted by molar-refractivity contribution is 7.90. The molecular weight excluding hydrogens is 1000 g/mol. The Hall–Kier alpha value is -7.08. The number of hydrogen-bond acceptors (Lipinski definition) is 14. The van der Waals surface area contributed by atoms with E-state index in [1.165, 1.54) is 18.2 Å². The first-order valence-electron chi connectivity index (χ1n) is 25.0. The number of nitrogens with zero attached hydrogens (tertiary/aromatic N) is 7. The maximum Gasteiger partial charge on any atom is 0.510 e. The van der Waals surface area contributed by atoms with Crippen molar-refractivity contribution in [2.24, 2.45) is 5.92 Å². The van der Waals surface area contributed by atoms with Gasteiger partial charge >= 0.3 is 16.4 Å². The highest BCUT2D eigenvalue weighted by Crippen LogP contribution is 2.35. The minimum Gasteiger partial charge on any atom is -0.432 e. The molecule has 4 saturated heterocycles. The Balaban J connectivity index is 0.701. The summed E-state index contributed by atoms with van der Waals surface area (Å²) >= 11 is 0. The number of anilines is 3. The van der Waals surface area contributed by atoms with Crippen LogP contribution < -0.4 is 14.5 Å². The Morgan fingerprint density at radius 3 is 2.32 bits per heavy atom. The fraction of sp³-hybridized carbons (Fsp3) is 0.423. The zero-order valence-corrected chi connectivity index (χ0v) is 42.0. The van der Waals surface area contributed by atoms with Crippen LogP contribution in [-0.2, 0) is 40.6 Å². The van der Waals surface area contributed by atoms with Crippen LogP contribution >= 0.6 is 0 Å². The first-order valence-corrected chi connectivity index (χ1v) is 26.4. The zero-order chi connectivity index (χ0) is 52.5. The number of nitrogens with one attached hydrogen (secondary N) is 2. The number of ether oxygens (including phenoxy) is 3. The number of ketones is 1. The van der Waals surface area contributed by atoms with Gasteiger partial charge < -0.3 is 33.9 Å². The van der Waals surface area contributed by atoms with E-state index in [1.807, 2.05) is 47.2 Å². The van der Waals surface area contributed by atoms with E-state index in [-0.39, 0.29) is 57.0 Å².